The number of halogens is 3. The predicted molar refractivity (Wildman–Crippen MR) is 115 cm³/mol. The molecule has 32 heavy (non-hydrogen) atoms. The van der Waals surface area contributed by atoms with Crippen molar-refractivity contribution in [3.63, 3.8) is 0 Å². The topological polar surface area (TPSA) is 60.0 Å². The summed E-state index contributed by atoms with van der Waals surface area (Å²) in [6.07, 6.45) is -3.62. The molecule has 0 aromatic heterocycles. The lowest BCUT2D eigenvalue weighted by molar-refractivity contribution is -0.137. The van der Waals surface area contributed by atoms with Crippen LogP contribution in [0.25, 0.3) is 0 Å². The first-order chi connectivity index (χ1) is 15.2. The molecule has 0 aliphatic carbocycles. The molecular weight excluding hydrogens is 423 g/mol. The molecule has 0 bridgehead atoms. The van der Waals surface area contributed by atoms with E-state index < -0.39 is 17.3 Å². The van der Waals surface area contributed by atoms with E-state index in [-0.39, 0.29) is 12.1 Å². The average Bonchev–Trinajstić information content (AvgIpc) is 2.75. The van der Waals surface area contributed by atoms with Gasteiger partial charge in [0.15, 0.2) is 0 Å². The quantitative estimate of drug-likeness (QED) is 0.550. The largest absolute Gasteiger partial charge is 0.491 e. The number of alkyl halides is 3. The van der Waals surface area contributed by atoms with Gasteiger partial charge in [-0.3, -0.25) is 0 Å². The third-order valence-electron chi connectivity index (χ3n) is 5.63. The van der Waals surface area contributed by atoms with Gasteiger partial charge >= 0.3 is 6.18 Å². The molecule has 176 valence electrons. The van der Waals surface area contributed by atoms with Crippen molar-refractivity contribution in [2.45, 2.75) is 43.6 Å². The molecule has 3 atom stereocenters. The second-order valence-electron chi connectivity index (χ2n) is 8.16. The summed E-state index contributed by atoms with van der Waals surface area (Å²) in [4.78, 5) is 0. The molecule has 0 radical (unpaired) electrons. The van der Waals surface area contributed by atoms with E-state index in [1.165, 1.54) is 12.1 Å². The standard InChI is InChI=1S/C24H30F3NO4/c1-17-15-23(29,19-5-7-20(8-6-19)24(25,26)27)16-22(28-17)18-3-9-21(10-4-18)32-14-13-31-12-11-30-2/h3-10,17,22,28-29H,11-16H2,1-2H3/t17-,22-,23?/m0/s1. The number of nitrogens with one attached hydrogen (secondary N) is 1. The zero-order valence-electron chi connectivity index (χ0n) is 18.3. The van der Waals surface area contributed by atoms with Gasteiger partial charge in [0.1, 0.15) is 12.4 Å². The fraction of sp³-hybridized carbons (Fsp3) is 0.500. The average molecular weight is 454 g/mol. The molecule has 2 aromatic carbocycles. The highest BCUT2D eigenvalue weighted by atomic mass is 19.4. The minimum atomic E-state index is -4.40. The second kappa shape index (κ2) is 10.7. The van der Waals surface area contributed by atoms with E-state index in [0.29, 0.717) is 50.6 Å². The summed E-state index contributed by atoms with van der Waals surface area (Å²) in [6.45, 7) is 3.91. The smallest absolute Gasteiger partial charge is 0.416 e. The van der Waals surface area contributed by atoms with Crippen molar-refractivity contribution >= 4 is 0 Å². The van der Waals surface area contributed by atoms with Crippen LogP contribution >= 0.6 is 0 Å². The summed E-state index contributed by atoms with van der Waals surface area (Å²) in [5.41, 5.74) is -0.459. The summed E-state index contributed by atoms with van der Waals surface area (Å²) in [5, 5.41) is 14.8. The van der Waals surface area contributed by atoms with E-state index in [1.54, 1.807) is 7.11 Å². The first-order valence-electron chi connectivity index (χ1n) is 10.7. The predicted octanol–water partition coefficient (Wildman–Crippen LogP) is 4.45. The van der Waals surface area contributed by atoms with Gasteiger partial charge in [0.05, 0.1) is 31.0 Å². The Hall–Kier alpha value is -2.13. The number of rotatable bonds is 9. The van der Waals surface area contributed by atoms with Crippen LogP contribution in [-0.2, 0) is 21.3 Å². The Labute approximate surface area is 186 Å². The number of hydrogen-bond acceptors (Lipinski definition) is 5. The molecule has 0 saturated carbocycles. The van der Waals surface area contributed by atoms with Gasteiger partial charge in [-0.15, -0.1) is 0 Å². The lowest BCUT2D eigenvalue weighted by atomic mass is 9.77. The number of methoxy groups -OCH3 is 1. The van der Waals surface area contributed by atoms with Crippen LogP contribution in [0.4, 0.5) is 13.2 Å². The molecular formula is C24H30F3NO4. The summed E-state index contributed by atoms with van der Waals surface area (Å²) in [7, 11) is 1.62. The maximum absolute atomic E-state index is 12.9. The highest BCUT2D eigenvalue weighted by Crippen LogP contribution is 2.41. The van der Waals surface area contributed by atoms with Gasteiger partial charge in [-0.25, -0.2) is 0 Å². The molecule has 0 amide bonds. The number of aliphatic hydroxyl groups is 1. The SMILES string of the molecule is COCCOCCOc1ccc([C@@H]2CC(O)(c3ccc(C(F)(F)F)cc3)C[C@H](C)N2)cc1. The summed E-state index contributed by atoms with van der Waals surface area (Å²) in [6, 6.07) is 12.3. The fourth-order valence-electron chi connectivity index (χ4n) is 4.07. The normalized spacial score (nSPS) is 23.8. The van der Waals surface area contributed by atoms with Crippen molar-refractivity contribution in [2.24, 2.45) is 0 Å². The van der Waals surface area contributed by atoms with E-state index in [2.05, 4.69) is 5.32 Å². The van der Waals surface area contributed by atoms with Crippen molar-refractivity contribution in [1.82, 2.24) is 5.32 Å². The number of piperidine rings is 1. The molecule has 5 nitrogen and oxygen atoms in total. The van der Waals surface area contributed by atoms with E-state index >= 15 is 0 Å². The lowest BCUT2D eigenvalue weighted by Gasteiger charge is -2.41. The summed E-state index contributed by atoms with van der Waals surface area (Å²) < 4.78 is 54.6. The van der Waals surface area contributed by atoms with Gasteiger partial charge < -0.3 is 24.6 Å². The van der Waals surface area contributed by atoms with E-state index in [4.69, 9.17) is 14.2 Å². The molecule has 2 N–H and O–H groups in total. The van der Waals surface area contributed by atoms with E-state index in [0.717, 1.165) is 17.7 Å². The van der Waals surface area contributed by atoms with E-state index in [1.807, 2.05) is 31.2 Å². The molecule has 1 saturated heterocycles. The van der Waals surface area contributed by atoms with Crippen LogP contribution in [0.5, 0.6) is 5.75 Å². The van der Waals surface area contributed by atoms with Crippen LogP contribution in [-0.4, -0.2) is 44.7 Å². The number of benzene rings is 2. The Bertz CT molecular complexity index is 842. The Kier molecular flexibility index (Phi) is 8.16. The van der Waals surface area contributed by atoms with Crippen LogP contribution in [0.15, 0.2) is 48.5 Å². The van der Waals surface area contributed by atoms with Gasteiger partial charge in [0.25, 0.3) is 0 Å². The monoisotopic (exact) mass is 453 g/mol. The highest BCUT2D eigenvalue weighted by molar-refractivity contribution is 5.33. The maximum Gasteiger partial charge on any atom is 0.416 e. The molecule has 1 aliphatic rings. The molecule has 2 aromatic rings. The molecule has 1 aliphatic heterocycles. The zero-order valence-corrected chi connectivity index (χ0v) is 18.3. The van der Waals surface area contributed by atoms with Crippen molar-refractivity contribution in [2.75, 3.05) is 33.5 Å². The van der Waals surface area contributed by atoms with Gasteiger partial charge in [-0.1, -0.05) is 24.3 Å². The Balaban J connectivity index is 1.63. The Morgan fingerprint density at radius 1 is 0.969 bits per heavy atom. The first kappa shape index (κ1) is 24.5. The maximum atomic E-state index is 12.9. The minimum absolute atomic E-state index is 0.0128. The molecule has 1 heterocycles. The molecule has 3 rings (SSSR count). The summed E-state index contributed by atoms with van der Waals surface area (Å²) in [5.74, 6) is 0.714. The van der Waals surface area contributed by atoms with Gasteiger partial charge in [0.2, 0.25) is 0 Å². The zero-order chi connectivity index (χ0) is 23.2. The third-order valence-corrected chi connectivity index (χ3v) is 5.63. The van der Waals surface area contributed by atoms with Crippen LogP contribution in [0.3, 0.4) is 0 Å². The molecule has 1 unspecified atom stereocenters. The van der Waals surface area contributed by atoms with Crippen LogP contribution in [0, 0.1) is 0 Å². The first-order valence-corrected chi connectivity index (χ1v) is 10.7. The Morgan fingerprint density at radius 2 is 1.62 bits per heavy atom. The van der Waals surface area contributed by atoms with Crippen molar-refractivity contribution in [3.8, 4) is 5.75 Å². The molecule has 0 spiro atoms. The van der Waals surface area contributed by atoms with Crippen molar-refractivity contribution in [3.05, 3.63) is 65.2 Å². The van der Waals surface area contributed by atoms with Crippen LogP contribution < -0.4 is 10.1 Å². The van der Waals surface area contributed by atoms with Crippen LogP contribution in [0.2, 0.25) is 0 Å². The van der Waals surface area contributed by atoms with Crippen molar-refractivity contribution in [1.29, 1.82) is 0 Å². The Morgan fingerprint density at radius 3 is 2.25 bits per heavy atom. The van der Waals surface area contributed by atoms with Gasteiger partial charge in [0, 0.05) is 19.2 Å². The third kappa shape index (κ3) is 6.45. The van der Waals surface area contributed by atoms with Gasteiger partial charge in [-0.2, -0.15) is 13.2 Å². The fourth-order valence-corrected chi connectivity index (χ4v) is 4.07. The molecule has 1 fully saturated rings. The van der Waals surface area contributed by atoms with Gasteiger partial charge in [-0.05, 0) is 55.2 Å². The minimum Gasteiger partial charge on any atom is -0.491 e. The van der Waals surface area contributed by atoms with Crippen molar-refractivity contribution < 1.29 is 32.5 Å². The van der Waals surface area contributed by atoms with Crippen LogP contribution in [0.1, 0.15) is 42.5 Å². The lowest BCUT2D eigenvalue weighted by Crippen LogP contribution is -2.46. The highest BCUT2D eigenvalue weighted by Gasteiger charge is 2.40. The summed E-state index contributed by atoms with van der Waals surface area (Å²) >= 11 is 0. The molecule has 8 heteroatoms. The number of hydrogen-bond donors (Lipinski definition) is 2. The van der Waals surface area contributed by atoms with E-state index in [9.17, 15) is 18.3 Å². The number of ether oxygens (including phenoxy) is 3. The second-order valence-corrected chi connectivity index (χ2v) is 8.16.